The van der Waals surface area contributed by atoms with Crippen LogP contribution in [0.25, 0.3) is 11.0 Å². The number of aromatic nitrogens is 4. The summed E-state index contributed by atoms with van der Waals surface area (Å²) < 4.78 is 42.9. The number of alkyl halides is 1. The third-order valence-corrected chi connectivity index (χ3v) is 5.31. The van der Waals surface area contributed by atoms with Gasteiger partial charge in [0.15, 0.2) is 11.6 Å². The minimum Gasteiger partial charge on any atom is -0.340 e. The number of nitrogens with two attached hydrogens (primary N) is 1. The number of halogens is 3. The van der Waals surface area contributed by atoms with Crippen LogP contribution in [-0.2, 0) is 6.54 Å². The smallest absolute Gasteiger partial charge is 0.207 e. The van der Waals surface area contributed by atoms with Crippen molar-refractivity contribution in [1.82, 2.24) is 19.7 Å². The van der Waals surface area contributed by atoms with E-state index in [1.165, 1.54) is 11.3 Å². The van der Waals surface area contributed by atoms with E-state index in [2.05, 4.69) is 15.2 Å². The molecule has 0 radical (unpaired) electrons. The molecule has 0 bridgehead atoms. The van der Waals surface area contributed by atoms with E-state index in [1.807, 2.05) is 11.8 Å². The second-order valence-electron chi connectivity index (χ2n) is 6.38. The Morgan fingerprint density at radius 1 is 1.27 bits per heavy atom. The topological polar surface area (TPSA) is 72.9 Å². The molecular formula is C16H17F3N6S. The third-order valence-electron chi connectivity index (χ3n) is 4.48. The Morgan fingerprint density at radius 2 is 2.04 bits per heavy atom. The number of rotatable bonds is 3. The molecule has 2 atom stereocenters. The molecule has 26 heavy (non-hydrogen) atoms. The highest BCUT2D eigenvalue weighted by molar-refractivity contribution is 7.11. The minimum atomic E-state index is -1.07. The van der Waals surface area contributed by atoms with E-state index >= 15 is 0 Å². The highest BCUT2D eigenvalue weighted by atomic mass is 32.1. The first-order valence-corrected chi connectivity index (χ1v) is 9.03. The fraction of sp³-hybridized carbons (Fsp3) is 0.438. The van der Waals surface area contributed by atoms with Gasteiger partial charge in [-0.15, -0.1) is 10.2 Å². The van der Waals surface area contributed by atoms with Crippen molar-refractivity contribution in [2.75, 3.05) is 18.0 Å². The maximum atomic E-state index is 13.8. The molecule has 2 unspecified atom stereocenters. The molecule has 0 spiro atoms. The summed E-state index contributed by atoms with van der Waals surface area (Å²) in [7, 11) is 0. The molecule has 1 fully saturated rings. The van der Waals surface area contributed by atoms with E-state index in [0.29, 0.717) is 30.1 Å². The van der Waals surface area contributed by atoms with Gasteiger partial charge in [-0.05, 0) is 13.3 Å². The molecular weight excluding hydrogens is 365 g/mol. The second kappa shape index (κ2) is 6.51. The quantitative estimate of drug-likeness (QED) is 0.753. The Labute approximate surface area is 151 Å². The maximum Gasteiger partial charge on any atom is 0.207 e. The van der Waals surface area contributed by atoms with Gasteiger partial charge in [0.25, 0.3) is 0 Å². The number of anilines is 1. The van der Waals surface area contributed by atoms with Crippen LogP contribution in [0.5, 0.6) is 0 Å². The number of aryl methyl sites for hydroxylation is 1. The van der Waals surface area contributed by atoms with E-state index in [0.717, 1.165) is 22.1 Å². The Balaban J connectivity index is 1.81. The summed E-state index contributed by atoms with van der Waals surface area (Å²) in [5.41, 5.74) is 6.64. The van der Waals surface area contributed by atoms with Crippen LogP contribution in [0.4, 0.5) is 19.1 Å². The van der Waals surface area contributed by atoms with Gasteiger partial charge < -0.3 is 15.2 Å². The molecule has 3 heterocycles. The maximum absolute atomic E-state index is 13.8. The Hall–Kier alpha value is -2.20. The average molecular weight is 382 g/mol. The van der Waals surface area contributed by atoms with Crippen LogP contribution in [-0.4, -0.2) is 45.1 Å². The summed E-state index contributed by atoms with van der Waals surface area (Å²) in [6.45, 7) is 2.87. The molecule has 4 rings (SSSR count). The van der Waals surface area contributed by atoms with Crippen LogP contribution in [0.1, 0.15) is 16.4 Å². The normalized spacial score (nSPS) is 20.9. The highest BCUT2D eigenvalue weighted by Gasteiger charge is 2.29. The molecule has 3 aromatic rings. The standard InChI is InChI=1S/C16H17F3N6S/c1-8-22-23-15(26-8)7-25-14-5-11(19)10(18)4-13(14)21-16(25)24-3-2-9(17)12(20)6-24/h4-5,9,12H,2-3,6-7,20H2,1H3. The Kier molecular flexibility index (Phi) is 4.31. The molecule has 1 aliphatic heterocycles. The van der Waals surface area contributed by atoms with Crippen molar-refractivity contribution in [3.63, 3.8) is 0 Å². The molecule has 138 valence electrons. The van der Waals surface area contributed by atoms with Crippen molar-refractivity contribution in [3.8, 4) is 0 Å². The molecule has 2 aromatic heterocycles. The van der Waals surface area contributed by atoms with Crippen molar-refractivity contribution in [3.05, 3.63) is 33.8 Å². The number of imidazole rings is 1. The van der Waals surface area contributed by atoms with Gasteiger partial charge >= 0.3 is 0 Å². The molecule has 0 amide bonds. The molecule has 0 aliphatic carbocycles. The lowest BCUT2D eigenvalue weighted by atomic mass is 10.1. The predicted molar refractivity (Wildman–Crippen MR) is 93.1 cm³/mol. The fourth-order valence-corrected chi connectivity index (χ4v) is 3.87. The first kappa shape index (κ1) is 17.2. The van der Waals surface area contributed by atoms with Gasteiger partial charge in [-0.2, -0.15) is 0 Å². The lowest BCUT2D eigenvalue weighted by molar-refractivity contribution is 0.243. The summed E-state index contributed by atoms with van der Waals surface area (Å²) in [6.07, 6.45) is -0.782. The molecule has 10 heteroatoms. The van der Waals surface area contributed by atoms with Gasteiger partial charge in [0.05, 0.1) is 23.6 Å². The van der Waals surface area contributed by atoms with Crippen LogP contribution in [0.2, 0.25) is 0 Å². The first-order valence-electron chi connectivity index (χ1n) is 8.21. The number of benzene rings is 1. The zero-order chi connectivity index (χ0) is 18.4. The summed E-state index contributed by atoms with van der Waals surface area (Å²) in [5.74, 6) is -1.40. The van der Waals surface area contributed by atoms with Crippen LogP contribution in [0, 0.1) is 18.6 Å². The van der Waals surface area contributed by atoms with Crippen LogP contribution >= 0.6 is 11.3 Å². The summed E-state index contributed by atoms with van der Waals surface area (Å²) in [4.78, 5) is 6.31. The van der Waals surface area contributed by atoms with Crippen LogP contribution < -0.4 is 10.6 Å². The fourth-order valence-electron chi connectivity index (χ4n) is 3.18. The van der Waals surface area contributed by atoms with Crippen LogP contribution in [0.3, 0.4) is 0 Å². The molecule has 1 aromatic carbocycles. The van der Waals surface area contributed by atoms with Gasteiger partial charge in [-0.1, -0.05) is 11.3 Å². The highest BCUT2D eigenvalue weighted by Crippen LogP contribution is 2.28. The number of fused-ring (bicyclic) bond motifs is 1. The summed E-state index contributed by atoms with van der Waals surface area (Å²) >= 11 is 1.42. The lowest BCUT2D eigenvalue weighted by Crippen LogP contribution is -2.50. The average Bonchev–Trinajstić information content (AvgIpc) is 3.15. The summed E-state index contributed by atoms with van der Waals surface area (Å²) in [5, 5.41) is 9.62. The number of nitrogens with zero attached hydrogens (tertiary/aromatic N) is 5. The number of hydrogen-bond donors (Lipinski definition) is 1. The molecule has 1 aliphatic rings. The molecule has 6 nitrogen and oxygen atoms in total. The molecule has 1 saturated heterocycles. The number of hydrogen-bond acceptors (Lipinski definition) is 6. The Bertz CT molecular complexity index is 955. The first-order chi connectivity index (χ1) is 12.4. The van der Waals surface area contributed by atoms with Gasteiger partial charge in [0, 0.05) is 25.2 Å². The minimum absolute atomic E-state index is 0.282. The van der Waals surface area contributed by atoms with Gasteiger partial charge in [0.1, 0.15) is 16.2 Å². The van der Waals surface area contributed by atoms with Gasteiger partial charge in [-0.3, -0.25) is 0 Å². The van der Waals surface area contributed by atoms with Crippen molar-refractivity contribution in [2.45, 2.75) is 32.1 Å². The Morgan fingerprint density at radius 3 is 2.73 bits per heavy atom. The van der Waals surface area contributed by atoms with Crippen molar-refractivity contribution >= 4 is 28.3 Å². The predicted octanol–water partition coefficient (Wildman–Crippen LogP) is 2.40. The van der Waals surface area contributed by atoms with E-state index in [9.17, 15) is 13.2 Å². The third kappa shape index (κ3) is 3.03. The van der Waals surface area contributed by atoms with Crippen molar-refractivity contribution < 1.29 is 13.2 Å². The van der Waals surface area contributed by atoms with E-state index in [4.69, 9.17) is 5.73 Å². The van der Waals surface area contributed by atoms with E-state index in [-0.39, 0.29) is 13.0 Å². The SMILES string of the molecule is Cc1nnc(Cn2c(N3CCC(F)C(N)C3)nc3cc(F)c(F)cc32)s1. The largest absolute Gasteiger partial charge is 0.340 e. The molecule has 0 saturated carbocycles. The second-order valence-corrected chi connectivity index (χ2v) is 7.65. The number of piperidine rings is 1. The van der Waals surface area contributed by atoms with Gasteiger partial charge in [-0.25, -0.2) is 18.2 Å². The zero-order valence-corrected chi connectivity index (χ0v) is 14.8. The zero-order valence-electron chi connectivity index (χ0n) is 14.0. The monoisotopic (exact) mass is 382 g/mol. The van der Waals surface area contributed by atoms with E-state index < -0.39 is 23.8 Å². The summed E-state index contributed by atoms with van der Waals surface area (Å²) in [6, 6.07) is 1.56. The van der Waals surface area contributed by atoms with Crippen molar-refractivity contribution in [2.24, 2.45) is 5.73 Å². The van der Waals surface area contributed by atoms with Crippen molar-refractivity contribution in [1.29, 1.82) is 0 Å². The van der Waals surface area contributed by atoms with E-state index in [1.54, 1.807) is 4.57 Å². The van der Waals surface area contributed by atoms with Gasteiger partial charge in [0.2, 0.25) is 5.95 Å². The lowest BCUT2D eigenvalue weighted by Gasteiger charge is -2.34. The van der Waals surface area contributed by atoms with Crippen LogP contribution in [0.15, 0.2) is 12.1 Å². The molecule has 2 N–H and O–H groups in total.